The molecular weight excluding hydrogens is 701 g/mol. The van der Waals surface area contributed by atoms with E-state index in [1.807, 2.05) is 0 Å². The van der Waals surface area contributed by atoms with Crippen LogP contribution in [0, 0.1) is 0 Å². The minimum absolute atomic E-state index is 1.10. The van der Waals surface area contributed by atoms with Gasteiger partial charge in [-0.25, -0.2) is 0 Å². The van der Waals surface area contributed by atoms with Gasteiger partial charge in [0.1, 0.15) is 0 Å². The van der Waals surface area contributed by atoms with Crippen LogP contribution in [-0.2, 0) is 0 Å². The smallest absolute Gasteiger partial charge is 0.0625 e. The molecule has 0 aliphatic rings. The Morgan fingerprint density at radius 1 is 0.310 bits per heavy atom. The Morgan fingerprint density at radius 2 is 0.810 bits per heavy atom. The number of hydrogen-bond acceptors (Lipinski definition) is 1. The fourth-order valence-corrected chi connectivity index (χ4v) is 9.45. The molecule has 0 fully saturated rings. The predicted octanol–water partition coefficient (Wildman–Crippen LogP) is 15.7. The van der Waals surface area contributed by atoms with Crippen molar-refractivity contribution in [2.75, 3.05) is 4.90 Å². The molecule has 12 rings (SSSR count). The van der Waals surface area contributed by atoms with E-state index in [9.17, 15) is 0 Å². The van der Waals surface area contributed by atoms with Crippen LogP contribution in [-0.4, -0.2) is 4.57 Å². The summed E-state index contributed by atoms with van der Waals surface area (Å²) >= 11 is 0. The van der Waals surface area contributed by atoms with Crippen LogP contribution in [0.4, 0.5) is 17.1 Å². The van der Waals surface area contributed by atoms with E-state index in [-0.39, 0.29) is 0 Å². The lowest BCUT2D eigenvalue weighted by Gasteiger charge is -2.27. The van der Waals surface area contributed by atoms with Crippen LogP contribution in [0.15, 0.2) is 218 Å². The molecule has 0 aliphatic heterocycles. The molecule has 0 N–H and O–H groups in total. The van der Waals surface area contributed by atoms with E-state index in [1.54, 1.807) is 0 Å². The van der Waals surface area contributed by atoms with Crippen molar-refractivity contribution in [1.82, 2.24) is 4.57 Å². The first-order valence-corrected chi connectivity index (χ1v) is 20.0. The monoisotopic (exact) mass is 736 g/mol. The lowest BCUT2D eigenvalue weighted by Crippen LogP contribution is -2.10. The minimum atomic E-state index is 1.10. The molecule has 58 heavy (non-hydrogen) atoms. The van der Waals surface area contributed by atoms with E-state index in [1.165, 1.54) is 86.8 Å². The Kier molecular flexibility index (Phi) is 7.26. The summed E-state index contributed by atoms with van der Waals surface area (Å²) in [7, 11) is 0. The third-order valence-electron chi connectivity index (χ3n) is 12.1. The summed E-state index contributed by atoms with van der Waals surface area (Å²) in [4.78, 5) is 2.43. The van der Waals surface area contributed by atoms with Crippen molar-refractivity contribution in [3.05, 3.63) is 218 Å². The quantitative estimate of drug-likeness (QED) is 0.160. The number of fused-ring (bicyclic) bond motifs is 11. The average Bonchev–Trinajstić information content (AvgIpc) is 3.65. The maximum absolute atomic E-state index is 2.45. The second-order valence-electron chi connectivity index (χ2n) is 15.3. The van der Waals surface area contributed by atoms with Crippen molar-refractivity contribution in [3.8, 4) is 16.8 Å². The molecule has 12 aromatic rings. The number of rotatable bonds is 5. The number of hydrogen-bond donors (Lipinski definition) is 0. The molecule has 2 heteroatoms. The van der Waals surface area contributed by atoms with E-state index in [4.69, 9.17) is 0 Å². The summed E-state index contributed by atoms with van der Waals surface area (Å²) in [6, 6.07) is 80.2. The van der Waals surface area contributed by atoms with E-state index in [0.717, 1.165) is 22.7 Å². The van der Waals surface area contributed by atoms with Gasteiger partial charge in [0.15, 0.2) is 0 Å². The summed E-state index contributed by atoms with van der Waals surface area (Å²) in [5, 5.41) is 15.0. The molecule has 2 nitrogen and oxygen atoms in total. The van der Waals surface area contributed by atoms with Gasteiger partial charge < -0.3 is 9.47 Å². The van der Waals surface area contributed by atoms with Crippen molar-refractivity contribution < 1.29 is 0 Å². The summed E-state index contributed by atoms with van der Waals surface area (Å²) in [5.41, 5.74) is 9.31. The minimum Gasteiger partial charge on any atom is -0.310 e. The maximum atomic E-state index is 2.45. The summed E-state index contributed by atoms with van der Waals surface area (Å²) in [5.74, 6) is 0. The molecule has 0 unspecified atom stereocenters. The standard InChI is InChI=1S/C56H36N2/c1-2-17-43(18-3-1)58-54-24-11-10-23-52(54)55-53(36-40-15-6-9-22-51(40)56(55)58)39-16-12-19-44(33-39)57(45-29-31-49-41(34-45)27-25-37-13-4-7-20-47(37)49)46-30-32-50-42(35-46)28-26-38-14-5-8-21-48(38)50/h1-36H. The molecule has 0 atom stereocenters. The lowest BCUT2D eigenvalue weighted by atomic mass is 9.94. The molecule has 270 valence electrons. The first-order chi connectivity index (χ1) is 28.8. The van der Waals surface area contributed by atoms with Crippen LogP contribution in [0.1, 0.15) is 0 Å². The van der Waals surface area contributed by atoms with Gasteiger partial charge in [-0.15, -0.1) is 0 Å². The second-order valence-corrected chi connectivity index (χ2v) is 15.3. The SMILES string of the molecule is c1ccc(-n2c3ccccc3c3c(-c4cccc(N(c5ccc6c(ccc7ccccc76)c5)c5ccc6c(ccc7ccccc76)c5)c4)cc4ccccc4c32)cc1. The predicted molar refractivity (Wildman–Crippen MR) is 248 cm³/mol. The molecule has 0 aliphatic carbocycles. The van der Waals surface area contributed by atoms with Crippen molar-refractivity contribution in [2.45, 2.75) is 0 Å². The van der Waals surface area contributed by atoms with Crippen molar-refractivity contribution >= 4 is 92.7 Å². The van der Waals surface area contributed by atoms with Gasteiger partial charge in [-0.05, 0) is 120 Å². The lowest BCUT2D eigenvalue weighted by molar-refractivity contribution is 1.19. The maximum Gasteiger partial charge on any atom is 0.0625 e. The Morgan fingerprint density at radius 3 is 1.48 bits per heavy atom. The molecule has 1 aromatic heterocycles. The summed E-state index contributed by atoms with van der Waals surface area (Å²) < 4.78 is 2.45. The van der Waals surface area contributed by atoms with Gasteiger partial charge in [0, 0.05) is 38.9 Å². The molecule has 0 bridgehead atoms. The first-order valence-electron chi connectivity index (χ1n) is 20.0. The zero-order valence-corrected chi connectivity index (χ0v) is 31.7. The number of anilines is 3. The summed E-state index contributed by atoms with van der Waals surface area (Å²) in [6.07, 6.45) is 0. The normalized spacial score (nSPS) is 11.8. The van der Waals surface area contributed by atoms with Crippen molar-refractivity contribution in [3.63, 3.8) is 0 Å². The van der Waals surface area contributed by atoms with E-state index < -0.39 is 0 Å². The highest BCUT2D eigenvalue weighted by atomic mass is 15.1. The van der Waals surface area contributed by atoms with Gasteiger partial charge in [0.25, 0.3) is 0 Å². The number of aromatic nitrogens is 1. The summed E-state index contributed by atoms with van der Waals surface area (Å²) in [6.45, 7) is 0. The van der Waals surface area contributed by atoms with Gasteiger partial charge in [-0.3, -0.25) is 0 Å². The Balaban J connectivity index is 1.11. The van der Waals surface area contributed by atoms with Gasteiger partial charge in [0.05, 0.1) is 11.0 Å². The van der Waals surface area contributed by atoms with Gasteiger partial charge >= 0.3 is 0 Å². The Bertz CT molecular complexity index is 3460. The van der Waals surface area contributed by atoms with Crippen LogP contribution in [0.25, 0.3) is 92.5 Å². The topological polar surface area (TPSA) is 8.17 Å². The van der Waals surface area contributed by atoms with Crippen LogP contribution < -0.4 is 4.90 Å². The number of para-hydroxylation sites is 2. The van der Waals surface area contributed by atoms with Gasteiger partial charge in [-0.2, -0.15) is 0 Å². The van der Waals surface area contributed by atoms with E-state index in [0.29, 0.717) is 0 Å². The second kappa shape index (κ2) is 12.9. The zero-order valence-electron chi connectivity index (χ0n) is 31.7. The van der Waals surface area contributed by atoms with E-state index in [2.05, 4.69) is 228 Å². The third kappa shape index (κ3) is 5.05. The van der Waals surface area contributed by atoms with E-state index >= 15 is 0 Å². The molecule has 0 radical (unpaired) electrons. The molecule has 0 amide bonds. The number of nitrogens with zero attached hydrogens (tertiary/aromatic N) is 2. The first kappa shape index (κ1) is 32.6. The van der Waals surface area contributed by atoms with Crippen LogP contribution in [0.3, 0.4) is 0 Å². The van der Waals surface area contributed by atoms with Crippen LogP contribution >= 0.6 is 0 Å². The zero-order chi connectivity index (χ0) is 38.2. The van der Waals surface area contributed by atoms with Crippen molar-refractivity contribution in [1.29, 1.82) is 0 Å². The highest BCUT2D eigenvalue weighted by Crippen LogP contribution is 2.45. The third-order valence-corrected chi connectivity index (χ3v) is 12.1. The largest absolute Gasteiger partial charge is 0.310 e. The molecule has 0 saturated carbocycles. The van der Waals surface area contributed by atoms with Crippen molar-refractivity contribution in [2.24, 2.45) is 0 Å². The molecule has 0 spiro atoms. The molecular formula is C56H36N2. The Hall–Kier alpha value is -7.68. The Labute approximate surface area is 336 Å². The highest BCUT2D eigenvalue weighted by molar-refractivity contribution is 6.24. The van der Waals surface area contributed by atoms with Crippen LogP contribution in [0.2, 0.25) is 0 Å². The molecule has 0 saturated heterocycles. The van der Waals surface area contributed by atoms with Gasteiger partial charge in [-0.1, -0.05) is 158 Å². The number of benzene rings is 11. The highest BCUT2D eigenvalue weighted by Gasteiger charge is 2.21. The van der Waals surface area contributed by atoms with Crippen LogP contribution in [0.5, 0.6) is 0 Å². The average molecular weight is 737 g/mol. The molecule has 11 aromatic carbocycles. The fraction of sp³-hybridized carbons (Fsp3) is 0. The molecule has 1 heterocycles. The fourth-order valence-electron chi connectivity index (χ4n) is 9.45. The van der Waals surface area contributed by atoms with Gasteiger partial charge in [0.2, 0.25) is 0 Å².